The van der Waals surface area contributed by atoms with Crippen molar-refractivity contribution in [2.24, 2.45) is 0 Å². The van der Waals surface area contributed by atoms with Crippen molar-refractivity contribution in [1.82, 2.24) is 0 Å². The molecule has 0 spiro atoms. The monoisotopic (exact) mass is 396 g/mol. The Kier molecular flexibility index (Phi) is 8.15. The summed E-state index contributed by atoms with van der Waals surface area (Å²) >= 11 is 0. The maximum Gasteiger partial charge on any atom is 0.326 e. The number of esters is 1. The number of nitro benzene ring substituents is 1. The number of nitro groups is 1. The summed E-state index contributed by atoms with van der Waals surface area (Å²) in [7, 11) is 0. The normalized spacial score (nSPS) is 15.7. The quantitative estimate of drug-likeness (QED) is 0.240. The maximum atomic E-state index is 12.6. The van der Waals surface area contributed by atoms with E-state index < -0.39 is 22.9 Å². The topological polar surface area (TPSA) is 117 Å². The molecule has 10 nitrogen and oxygen atoms in total. The third-order valence-corrected chi connectivity index (χ3v) is 3.98. The number of rotatable bonds is 11. The van der Waals surface area contributed by atoms with E-state index in [4.69, 9.17) is 18.9 Å². The van der Waals surface area contributed by atoms with Gasteiger partial charge in [-0.05, 0) is 19.4 Å². The van der Waals surface area contributed by atoms with E-state index in [1.54, 1.807) is 6.92 Å². The molecule has 1 aliphatic heterocycles. The second-order valence-corrected chi connectivity index (χ2v) is 5.88. The summed E-state index contributed by atoms with van der Waals surface area (Å²) < 4.78 is 21.0. The number of carbonyl (C=O) groups excluding carboxylic acids is 2. The standard InChI is InChI=1S/C18H24N2O8/c1-3-15-18(22)19(12-17(21)27-10-9-26-8-7-25-4-2)14-11-13(20(23)24)5-6-16(14)28-15/h5-6,11,15H,3-4,7-10,12H2,1-2H3. The fourth-order valence-electron chi connectivity index (χ4n) is 2.60. The van der Waals surface area contributed by atoms with Gasteiger partial charge in [0.2, 0.25) is 0 Å². The second-order valence-electron chi connectivity index (χ2n) is 5.88. The minimum atomic E-state index is -0.761. The summed E-state index contributed by atoms with van der Waals surface area (Å²) in [4.78, 5) is 36.4. The fraction of sp³-hybridized carbons (Fsp3) is 0.556. The molecule has 1 aromatic rings. The van der Waals surface area contributed by atoms with Gasteiger partial charge in [-0.1, -0.05) is 6.92 Å². The van der Waals surface area contributed by atoms with E-state index >= 15 is 0 Å². The number of benzene rings is 1. The van der Waals surface area contributed by atoms with Crippen molar-refractivity contribution in [3.8, 4) is 5.75 Å². The van der Waals surface area contributed by atoms with E-state index in [1.165, 1.54) is 18.2 Å². The first-order chi connectivity index (χ1) is 13.5. The van der Waals surface area contributed by atoms with Gasteiger partial charge in [-0.2, -0.15) is 0 Å². The first kappa shape index (κ1) is 21.6. The maximum absolute atomic E-state index is 12.6. The van der Waals surface area contributed by atoms with Crippen LogP contribution in [0.3, 0.4) is 0 Å². The average molecular weight is 396 g/mol. The number of nitrogens with zero attached hydrogens (tertiary/aromatic N) is 2. The molecular weight excluding hydrogens is 372 g/mol. The van der Waals surface area contributed by atoms with Crippen LogP contribution in [0.5, 0.6) is 5.75 Å². The van der Waals surface area contributed by atoms with Crippen LogP contribution in [-0.2, 0) is 23.8 Å². The summed E-state index contributed by atoms with van der Waals surface area (Å²) in [5, 5.41) is 11.0. The van der Waals surface area contributed by atoms with E-state index in [2.05, 4.69) is 0 Å². The molecule has 2 rings (SSSR count). The Labute approximate surface area is 162 Å². The molecule has 1 heterocycles. The number of carbonyl (C=O) groups is 2. The van der Waals surface area contributed by atoms with Crippen molar-refractivity contribution < 1.29 is 33.5 Å². The van der Waals surface area contributed by atoms with Gasteiger partial charge in [0, 0.05) is 18.7 Å². The lowest BCUT2D eigenvalue weighted by Gasteiger charge is -2.33. The van der Waals surface area contributed by atoms with Gasteiger partial charge >= 0.3 is 5.97 Å². The van der Waals surface area contributed by atoms with Gasteiger partial charge in [0.15, 0.2) is 6.10 Å². The molecule has 0 N–H and O–H groups in total. The van der Waals surface area contributed by atoms with Crippen LogP contribution in [0.25, 0.3) is 0 Å². The van der Waals surface area contributed by atoms with Crippen LogP contribution in [0, 0.1) is 10.1 Å². The number of ether oxygens (including phenoxy) is 4. The zero-order valence-electron chi connectivity index (χ0n) is 15.9. The third kappa shape index (κ3) is 5.64. The van der Waals surface area contributed by atoms with Crippen LogP contribution >= 0.6 is 0 Å². The molecule has 0 radical (unpaired) electrons. The number of anilines is 1. The summed E-state index contributed by atoms with van der Waals surface area (Å²) in [6.45, 7) is 4.97. The van der Waals surface area contributed by atoms with Crippen molar-refractivity contribution in [2.75, 3.05) is 44.5 Å². The van der Waals surface area contributed by atoms with Crippen LogP contribution in [-0.4, -0.2) is 62.5 Å². The van der Waals surface area contributed by atoms with Crippen molar-refractivity contribution >= 4 is 23.3 Å². The minimum absolute atomic E-state index is 0.0302. The molecule has 28 heavy (non-hydrogen) atoms. The number of hydrogen-bond acceptors (Lipinski definition) is 8. The van der Waals surface area contributed by atoms with Crippen LogP contribution in [0.15, 0.2) is 18.2 Å². The molecule has 1 aliphatic rings. The van der Waals surface area contributed by atoms with Crippen molar-refractivity contribution in [3.63, 3.8) is 0 Å². The largest absolute Gasteiger partial charge is 0.478 e. The number of hydrogen-bond donors (Lipinski definition) is 0. The van der Waals surface area contributed by atoms with E-state index in [9.17, 15) is 19.7 Å². The Morgan fingerprint density at radius 2 is 1.93 bits per heavy atom. The smallest absolute Gasteiger partial charge is 0.326 e. The lowest BCUT2D eigenvalue weighted by molar-refractivity contribution is -0.384. The summed E-state index contributed by atoms with van der Waals surface area (Å²) in [5.41, 5.74) is -0.0278. The molecule has 1 amide bonds. The van der Waals surface area contributed by atoms with E-state index in [0.717, 1.165) is 4.90 Å². The van der Waals surface area contributed by atoms with E-state index in [0.29, 0.717) is 32.0 Å². The fourth-order valence-corrected chi connectivity index (χ4v) is 2.60. The molecule has 0 saturated heterocycles. The highest BCUT2D eigenvalue weighted by atomic mass is 16.6. The highest BCUT2D eigenvalue weighted by Crippen LogP contribution is 2.37. The summed E-state index contributed by atoms with van der Waals surface area (Å²) in [5.74, 6) is -0.777. The van der Waals surface area contributed by atoms with Gasteiger partial charge in [0.1, 0.15) is 18.9 Å². The number of non-ortho nitro benzene ring substituents is 1. The van der Waals surface area contributed by atoms with E-state index in [1.807, 2.05) is 6.92 Å². The van der Waals surface area contributed by atoms with Gasteiger partial charge in [0.05, 0.1) is 30.4 Å². The predicted octanol–water partition coefficient (Wildman–Crippen LogP) is 1.70. The molecule has 1 atom stereocenters. The number of amides is 1. The molecule has 0 aliphatic carbocycles. The van der Waals surface area contributed by atoms with Gasteiger partial charge in [-0.3, -0.25) is 24.6 Å². The van der Waals surface area contributed by atoms with Gasteiger partial charge < -0.3 is 18.9 Å². The highest BCUT2D eigenvalue weighted by Gasteiger charge is 2.35. The summed E-state index contributed by atoms with van der Waals surface area (Å²) in [6.07, 6.45) is -0.363. The molecule has 0 saturated carbocycles. The minimum Gasteiger partial charge on any atom is -0.478 e. The average Bonchev–Trinajstić information content (AvgIpc) is 2.68. The van der Waals surface area contributed by atoms with Crippen molar-refractivity contribution in [1.29, 1.82) is 0 Å². The van der Waals surface area contributed by atoms with Crippen LogP contribution < -0.4 is 9.64 Å². The van der Waals surface area contributed by atoms with Gasteiger partial charge in [-0.25, -0.2) is 0 Å². The van der Waals surface area contributed by atoms with Crippen LogP contribution in [0.1, 0.15) is 20.3 Å². The molecular formula is C18H24N2O8. The molecule has 0 fully saturated rings. The molecule has 0 aromatic heterocycles. The van der Waals surface area contributed by atoms with Crippen LogP contribution in [0.2, 0.25) is 0 Å². The van der Waals surface area contributed by atoms with Crippen molar-refractivity contribution in [2.45, 2.75) is 26.4 Å². The first-order valence-electron chi connectivity index (χ1n) is 9.05. The Morgan fingerprint density at radius 1 is 1.21 bits per heavy atom. The van der Waals surface area contributed by atoms with Gasteiger partial charge in [-0.15, -0.1) is 0 Å². The van der Waals surface area contributed by atoms with E-state index in [-0.39, 0.29) is 31.1 Å². The SMILES string of the molecule is CCOCCOCCOC(=O)CN1C(=O)C(CC)Oc2ccc([N+](=O)[O-])cc21. The zero-order chi connectivity index (χ0) is 20.5. The zero-order valence-corrected chi connectivity index (χ0v) is 15.9. The molecule has 1 unspecified atom stereocenters. The Balaban J connectivity index is 1.99. The van der Waals surface area contributed by atoms with Crippen LogP contribution in [0.4, 0.5) is 11.4 Å². The highest BCUT2D eigenvalue weighted by molar-refractivity contribution is 6.03. The predicted molar refractivity (Wildman–Crippen MR) is 98.4 cm³/mol. The lowest BCUT2D eigenvalue weighted by Crippen LogP contribution is -2.48. The number of fused-ring (bicyclic) bond motifs is 1. The second kappa shape index (κ2) is 10.6. The summed E-state index contributed by atoms with van der Waals surface area (Å²) in [6, 6.07) is 3.92. The van der Waals surface area contributed by atoms with Crippen molar-refractivity contribution in [3.05, 3.63) is 28.3 Å². The Bertz CT molecular complexity index is 709. The Hall–Kier alpha value is -2.72. The molecule has 154 valence electrons. The molecule has 10 heteroatoms. The third-order valence-electron chi connectivity index (χ3n) is 3.98. The first-order valence-corrected chi connectivity index (χ1v) is 9.05. The Morgan fingerprint density at radius 3 is 2.61 bits per heavy atom. The van der Waals surface area contributed by atoms with Gasteiger partial charge in [0.25, 0.3) is 11.6 Å². The molecule has 1 aromatic carbocycles. The molecule has 0 bridgehead atoms. The lowest BCUT2D eigenvalue weighted by atomic mass is 10.1.